The fraction of sp³-hybridized carbons (Fsp3) is 0.750. The van der Waals surface area contributed by atoms with Crippen LogP contribution < -0.4 is 5.73 Å². The average molecular weight is 117 g/mol. The quantitative estimate of drug-likeness (QED) is 0.469. The van der Waals surface area contributed by atoms with Crippen LogP contribution in [0.1, 0.15) is 0 Å². The number of cyclic esters (lactones) is 2. The van der Waals surface area contributed by atoms with E-state index in [9.17, 15) is 4.79 Å². The summed E-state index contributed by atoms with van der Waals surface area (Å²) >= 11 is 0. The van der Waals surface area contributed by atoms with E-state index in [0.717, 1.165) is 0 Å². The second-order valence-electron chi connectivity index (χ2n) is 1.54. The van der Waals surface area contributed by atoms with E-state index in [2.05, 4.69) is 9.47 Å². The fourth-order valence-corrected chi connectivity index (χ4v) is 0.481. The summed E-state index contributed by atoms with van der Waals surface area (Å²) in [5.41, 5.74) is 5.14. The third-order valence-electron chi connectivity index (χ3n) is 0.913. The van der Waals surface area contributed by atoms with E-state index in [0.29, 0.717) is 13.2 Å². The molecule has 1 unspecified atom stereocenters. The number of hydrogen-bond acceptors (Lipinski definition) is 4. The van der Waals surface area contributed by atoms with Crippen LogP contribution in [0.2, 0.25) is 0 Å². The van der Waals surface area contributed by atoms with Crippen LogP contribution in [0, 0.1) is 0 Å². The molecule has 0 saturated carbocycles. The zero-order valence-electron chi connectivity index (χ0n) is 4.29. The van der Waals surface area contributed by atoms with Crippen molar-refractivity contribution in [2.45, 2.75) is 6.10 Å². The van der Waals surface area contributed by atoms with Gasteiger partial charge in [0.05, 0.1) is 0 Å². The van der Waals surface area contributed by atoms with Crippen LogP contribution in [0.15, 0.2) is 0 Å². The molecule has 46 valence electrons. The first kappa shape index (κ1) is 5.37. The number of nitrogens with two attached hydrogens (primary N) is 1. The molecule has 1 rings (SSSR count). The minimum Gasteiger partial charge on any atom is -0.430 e. The summed E-state index contributed by atoms with van der Waals surface area (Å²) in [5.74, 6) is 0. The van der Waals surface area contributed by atoms with Crippen LogP contribution in [0.3, 0.4) is 0 Å². The van der Waals surface area contributed by atoms with Gasteiger partial charge in [0, 0.05) is 6.54 Å². The Bertz CT molecular complexity index is 103. The molecule has 8 heavy (non-hydrogen) atoms. The van der Waals surface area contributed by atoms with Crippen molar-refractivity contribution in [3.63, 3.8) is 0 Å². The molecule has 0 aromatic heterocycles. The van der Waals surface area contributed by atoms with E-state index >= 15 is 0 Å². The lowest BCUT2D eigenvalue weighted by Crippen LogP contribution is -2.21. The maximum atomic E-state index is 10.1. The van der Waals surface area contributed by atoms with Gasteiger partial charge in [-0.1, -0.05) is 0 Å². The molecule has 1 atom stereocenters. The van der Waals surface area contributed by atoms with Crippen molar-refractivity contribution < 1.29 is 14.3 Å². The lowest BCUT2D eigenvalue weighted by atomic mass is 10.4. The Kier molecular flexibility index (Phi) is 1.34. The highest BCUT2D eigenvalue weighted by Gasteiger charge is 2.22. The summed E-state index contributed by atoms with van der Waals surface area (Å²) in [7, 11) is 0. The third-order valence-corrected chi connectivity index (χ3v) is 0.913. The first-order chi connectivity index (χ1) is 3.83. The summed E-state index contributed by atoms with van der Waals surface area (Å²) in [6.07, 6.45) is -0.831. The molecule has 0 spiro atoms. The molecule has 0 bridgehead atoms. The molecule has 0 radical (unpaired) electrons. The molecular weight excluding hydrogens is 110 g/mol. The molecule has 1 aliphatic rings. The highest BCUT2D eigenvalue weighted by molar-refractivity contribution is 5.61. The van der Waals surface area contributed by atoms with Crippen LogP contribution in [-0.2, 0) is 9.47 Å². The van der Waals surface area contributed by atoms with Crippen LogP contribution in [0.5, 0.6) is 0 Å². The molecule has 4 nitrogen and oxygen atoms in total. The SMILES string of the molecule is NCC1COC(=O)O1. The Morgan fingerprint density at radius 1 is 1.88 bits per heavy atom. The first-order valence-electron chi connectivity index (χ1n) is 2.36. The molecule has 0 aromatic rings. The molecule has 0 aromatic carbocycles. The van der Waals surface area contributed by atoms with E-state index < -0.39 is 6.16 Å². The predicted molar refractivity (Wildman–Crippen MR) is 25.3 cm³/mol. The summed E-state index contributed by atoms with van der Waals surface area (Å²) < 4.78 is 8.94. The minimum absolute atomic E-state index is 0.220. The van der Waals surface area contributed by atoms with E-state index in [-0.39, 0.29) is 6.10 Å². The molecule has 4 heteroatoms. The first-order valence-corrected chi connectivity index (χ1v) is 2.36. The summed E-state index contributed by atoms with van der Waals surface area (Å²) in [6, 6.07) is 0. The normalized spacial score (nSPS) is 27.1. The van der Waals surface area contributed by atoms with Gasteiger partial charge in [-0.05, 0) is 0 Å². The van der Waals surface area contributed by atoms with Gasteiger partial charge in [0.2, 0.25) is 0 Å². The highest BCUT2D eigenvalue weighted by Crippen LogP contribution is 2.02. The van der Waals surface area contributed by atoms with Crippen molar-refractivity contribution in [1.29, 1.82) is 0 Å². The summed E-state index contributed by atoms with van der Waals surface area (Å²) in [5, 5.41) is 0. The number of carbonyl (C=O) groups excluding carboxylic acids is 1. The lowest BCUT2D eigenvalue weighted by Gasteiger charge is -1.97. The molecule has 1 aliphatic heterocycles. The van der Waals surface area contributed by atoms with Crippen molar-refractivity contribution in [3.8, 4) is 0 Å². The summed E-state index contributed by atoms with van der Waals surface area (Å²) in [6.45, 7) is 0.640. The minimum atomic E-state index is -0.611. The van der Waals surface area contributed by atoms with Gasteiger partial charge in [-0.2, -0.15) is 0 Å². The molecule has 1 heterocycles. The van der Waals surface area contributed by atoms with E-state index in [1.165, 1.54) is 0 Å². The number of hydrogen-bond donors (Lipinski definition) is 1. The van der Waals surface area contributed by atoms with Gasteiger partial charge in [-0.15, -0.1) is 0 Å². The zero-order valence-corrected chi connectivity index (χ0v) is 4.29. The van der Waals surface area contributed by atoms with Gasteiger partial charge in [-0.3, -0.25) is 0 Å². The van der Waals surface area contributed by atoms with Crippen LogP contribution in [0.25, 0.3) is 0 Å². The van der Waals surface area contributed by atoms with Crippen molar-refractivity contribution in [3.05, 3.63) is 0 Å². The Morgan fingerprint density at radius 3 is 2.88 bits per heavy atom. The van der Waals surface area contributed by atoms with E-state index in [1.807, 2.05) is 0 Å². The van der Waals surface area contributed by atoms with Crippen molar-refractivity contribution in [2.24, 2.45) is 5.73 Å². The maximum absolute atomic E-state index is 10.1. The van der Waals surface area contributed by atoms with Gasteiger partial charge in [0.15, 0.2) is 6.10 Å². The standard InChI is InChI=1S/C4H7NO3/c5-1-3-2-7-4(6)8-3/h3H,1-2,5H2. The van der Waals surface area contributed by atoms with Gasteiger partial charge < -0.3 is 15.2 Å². The van der Waals surface area contributed by atoms with Gasteiger partial charge >= 0.3 is 6.16 Å². The maximum Gasteiger partial charge on any atom is 0.508 e. The summed E-state index contributed by atoms with van der Waals surface area (Å²) in [4.78, 5) is 10.1. The predicted octanol–water partition coefficient (Wildman–Crippen LogP) is -0.520. The van der Waals surface area contributed by atoms with Gasteiger partial charge in [-0.25, -0.2) is 4.79 Å². The third kappa shape index (κ3) is 0.894. The average Bonchev–Trinajstić information content (AvgIpc) is 2.14. The van der Waals surface area contributed by atoms with Gasteiger partial charge in [0.25, 0.3) is 0 Å². The highest BCUT2D eigenvalue weighted by atomic mass is 16.8. The molecule has 2 N–H and O–H groups in total. The van der Waals surface area contributed by atoms with Gasteiger partial charge in [0.1, 0.15) is 6.61 Å². The second-order valence-corrected chi connectivity index (χ2v) is 1.54. The Hall–Kier alpha value is -0.770. The van der Waals surface area contributed by atoms with E-state index in [4.69, 9.17) is 5.73 Å². The molecule has 1 saturated heterocycles. The van der Waals surface area contributed by atoms with Crippen molar-refractivity contribution >= 4 is 6.16 Å². The monoisotopic (exact) mass is 117 g/mol. The number of ether oxygens (including phenoxy) is 2. The van der Waals surface area contributed by atoms with Crippen LogP contribution in [-0.4, -0.2) is 25.4 Å². The van der Waals surface area contributed by atoms with Crippen LogP contribution in [0.4, 0.5) is 4.79 Å². The number of rotatable bonds is 1. The molecule has 0 amide bonds. The van der Waals surface area contributed by atoms with Crippen molar-refractivity contribution in [2.75, 3.05) is 13.2 Å². The molecule has 1 fully saturated rings. The zero-order chi connectivity index (χ0) is 5.98. The Labute approximate surface area is 46.6 Å². The smallest absolute Gasteiger partial charge is 0.430 e. The van der Waals surface area contributed by atoms with Crippen molar-refractivity contribution in [1.82, 2.24) is 0 Å². The topological polar surface area (TPSA) is 61.5 Å². The Balaban J connectivity index is 2.32. The molecular formula is C4H7NO3. The van der Waals surface area contributed by atoms with E-state index in [1.54, 1.807) is 0 Å². The lowest BCUT2D eigenvalue weighted by molar-refractivity contribution is 0.119. The Morgan fingerprint density at radius 2 is 2.62 bits per heavy atom. The fourth-order valence-electron chi connectivity index (χ4n) is 0.481. The molecule has 0 aliphatic carbocycles. The van der Waals surface area contributed by atoms with Crippen LogP contribution >= 0.6 is 0 Å². The second kappa shape index (κ2) is 2.00. The largest absolute Gasteiger partial charge is 0.508 e. The number of carbonyl (C=O) groups is 1.